The van der Waals surface area contributed by atoms with Crippen LogP contribution in [-0.4, -0.2) is 19.4 Å². The topological polar surface area (TPSA) is 0 Å². The Morgan fingerprint density at radius 2 is 1.00 bits per heavy atom. The second-order valence-corrected chi connectivity index (χ2v) is 0. The van der Waals surface area contributed by atoms with Crippen LogP contribution in [0.1, 0.15) is 7.43 Å². The Morgan fingerprint density at radius 3 is 1.00 bits per heavy atom. The normalized spacial score (nSPS) is 0. The summed E-state index contributed by atoms with van der Waals surface area (Å²) in [7, 11) is 0. The molecular weight excluding hydrogens is 142 g/mol. The molecule has 0 heterocycles. The average Bonchev–Trinajstić information content (AvgIpc) is 0. The summed E-state index contributed by atoms with van der Waals surface area (Å²) in [5, 5.41) is 0. The van der Waals surface area contributed by atoms with Gasteiger partial charge in [0, 0.05) is 26.2 Å². The van der Waals surface area contributed by atoms with Crippen LogP contribution in [0.25, 0.3) is 0 Å². The van der Waals surface area contributed by atoms with Gasteiger partial charge in [-0.2, -0.15) is 0 Å². The van der Waals surface area contributed by atoms with Gasteiger partial charge in [-0.15, -0.1) is 0 Å². The van der Waals surface area contributed by atoms with E-state index in [1.807, 2.05) is 0 Å². The van der Waals surface area contributed by atoms with Crippen LogP contribution in [0.4, 0.5) is 0 Å². The second kappa shape index (κ2) is 30.7. The molecule has 0 N–H and O–H groups in total. The zero-order valence-electron chi connectivity index (χ0n) is 0.500. The van der Waals surface area contributed by atoms with E-state index in [4.69, 9.17) is 0 Å². The molecule has 0 saturated carbocycles. The van der Waals surface area contributed by atoms with Gasteiger partial charge in [0.2, 0.25) is 0 Å². The molecule has 0 aliphatic carbocycles. The van der Waals surface area contributed by atoms with Crippen molar-refractivity contribution in [3.05, 3.63) is 0 Å². The SMILES string of the molecule is B.C.[SiH4].[Zr]. The largest absolute Gasteiger partial charge is 0.0814 e. The molecule has 0 amide bonds. The van der Waals surface area contributed by atoms with Gasteiger partial charge in [0.1, 0.15) is 0 Å². The molecule has 0 aliphatic heterocycles. The van der Waals surface area contributed by atoms with Gasteiger partial charge in [0.15, 0.2) is 0 Å². The predicted octanol–water partition coefficient (Wildman–Crippen LogP) is -2.00. The number of hydrogen-bond donors (Lipinski definition) is 0. The molecule has 0 rings (SSSR count). The molecule has 0 aromatic heterocycles. The molecule has 0 fully saturated rings. The quantitative estimate of drug-likeness (QED) is 0.353. The van der Waals surface area contributed by atoms with Crippen molar-refractivity contribution in [2.24, 2.45) is 0 Å². The molecule has 4 heavy (non-hydrogen) atoms. The summed E-state index contributed by atoms with van der Waals surface area (Å²) in [4.78, 5) is 0. The van der Waals surface area contributed by atoms with Crippen LogP contribution in [0.5, 0.6) is 0 Å². The van der Waals surface area contributed by atoms with E-state index in [9.17, 15) is 0 Å². The zero-order chi connectivity index (χ0) is 0. The molecule has 0 radical (unpaired) electrons. The van der Waals surface area contributed by atoms with Crippen LogP contribution >= 0.6 is 0 Å². The fourth-order valence-electron chi connectivity index (χ4n) is 0. The predicted molar refractivity (Wildman–Crippen MR) is 28.0 cm³/mol. The molecule has 0 nitrogen and oxygen atoms in total. The molecule has 0 bridgehead atoms. The standard InChI is InChI=1S/CH4.BH3.H4Si.Zr/h1H4;1H3;1H4;. The molecule has 0 saturated heterocycles. The summed E-state index contributed by atoms with van der Waals surface area (Å²) >= 11 is 0. The third kappa shape index (κ3) is 10.9. The zero-order valence-corrected chi connectivity index (χ0v) is 2.96. The summed E-state index contributed by atoms with van der Waals surface area (Å²) in [6, 6.07) is 0. The van der Waals surface area contributed by atoms with Crippen molar-refractivity contribution in [3.8, 4) is 0 Å². The summed E-state index contributed by atoms with van der Waals surface area (Å²) in [5.41, 5.74) is 0. The van der Waals surface area contributed by atoms with Crippen LogP contribution in [0.3, 0.4) is 0 Å². The molecule has 0 aromatic carbocycles. The van der Waals surface area contributed by atoms with Crippen molar-refractivity contribution in [3.63, 3.8) is 0 Å². The Kier molecular flexibility index (Phi) is 507. The maximum absolute atomic E-state index is 0. The van der Waals surface area contributed by atoms with E-state index < -0.39 is 0 Å². The average molecular weight is 153 g/mol. The van der Waals surface area contributed by atoms with Crippen molar-refractivity contribution in [1.82, 2.24) is 0 Å². The van der Waals surface area contributed by atoms with Crippen molar-refractivity contribution in [2.75, 3.05) is 0 Å². The Balaban J connectivity index is 0. The first-order valence-electron chi connectivity index (χ1n) is 0. The van der Waals surface area contributed by atoms with E-state index in [0.29, 0.717) is 0 Å². The van der Waals surface area contributed by atoms with Crippen LogP contribution in [0.2, 0.25) is 0 Å². The smallest absolute Gasteiger partial charge is 0.0776 e. The van der Waals surface area contributed by atoms with Gasteiger partial charge in [-0.05, 0) is 11.0 Å². The van der Waals surface area contributed by atoms with Gasteiger partial charge in [-0.25, -0.2) is 0 Å². The van der Waals surface area contributed by atoms with E-state index in [1.165, 1.54) is 0 Å². The van der Waals surface area contributed by atoms with E-state index in [1.54, 1.807) is 0 Å². The Bertz CT molecular complexity index is 8.00. The van der Waals surface area contributed by atoms with Gasteiger partial charge in [0.25, 0.3) is 0 Å². The van der Waals surface area contributed by atoms with Gasteiger partial charge in [0.05, 0.1) is 8.41 Å². The third-order valence-electron chi connectivity index (χ3n) is 0. The summed E-state index contributed by atoms with van der Waals surface area (Å²) in [6.45, 7) is 0. The van der Waals surface area contributed by atoms with Crippen molar-refractivity contribution in [2.45, 2.75) is 7.43 Å². The van der Waals surface area contributed by atoms with E-state index in [2.05, 4.69) is 0 Å². The molecule has 0 aromatic rings. The van der Waals surface area contributed by atoms with Crippen molar-refractivity contribution >= 4 is 19.4 Å². The molecule has 0 unspecified atom stereocenters. The monoisotopic (exact) mass is 152 g/mol. The molecule has 0 atom stereocenters. The van der Waals surface area contributed by atoms with Gasteiger partial charge >= 0.3 is 0 Å². The van der Waals surface area contributed by atoms with Crippen LogP contribution in [0.15, 0.2) is 0 Å². The molecule has 0 aliphatic rings. The van der Waals surface area contributed by atoms with Gasteiger partial charge in [-0.1, -0.05) is 7.43 Å². The number of hydrogen-bond acceptors (Lipinski definition) is 0. The first kappa shape index (κ1) is 66.0. The molecule has 0 spiro atoms. The maximum atomic E-state index is 0. The Labute approximate surface area is 53.1 Å². The molecular formula is CH11BSiZr. The minimum atomic E-state index is 0. The minimum absolute atomic E-state index is 0. The van der Waals surface area contributed by atoms with Gasteiger partial charge < -0.3 is 0 Å². The molecule has 26 valence electrons. The first-order chi connectivity index (χ1) is 0. The molecule has 3 heteroatoms. The Hall–Kier alpha value is 1.16. The van der Waals surface area contributed by atoms with E-state index >= 15 is 0 Å². The second-order valence-electron chi connectivity index (χ2n) is 0. The van der Waals surface area contributed by atoms with Crippen molar-refractivity contribution < 1.29 is 26.2 Å². The van der Waals surface area contributed by atoms with E-state index in [0.717, 1.165) is 0 Å². The van der Waals surface area contributed by atoms with Crippen LogP contribution < -0.4 is 0 Å². The minimum Gasteiger partial charge on any atom is -0.0776 e. The summed E-state index contributed by atoms with van der Waals surface area (Å²) < 4.78 is 0. The Morgan fingerprint density at radius 1 is 1.00 bits per heavy atom. The van der Waals surface area contributed by atoms with Gasteiger partial charge in [-0.3, -0.25) is 0 Å². The van der Waals surface area contributed by atoms with E-state index in [-0.39, 0.29) is 53.0 Å². The summed E-state index contributed by atoms with van der Waals surface area (Å²) in [5.74, 6) is 0. The summed E-state index contributed by atoms with van der Waals surface area (Å²) in [6.07, 6.45) is 0. The maximum Gasteiger partial charge on any atom is 0.0814 e. The first-order valence-corrected chi connectivity index (χ1v) is 0. The van der Waals surface area contributed by atoms with Crippen LogP contribution in [-0.2, 0) is 26.2 Å². The fourth-order valence-corrected chi connectivity index (χ4v) is 0. The van der Waals surface area contributed by atoms with Crippen LogP contribution in [0, 0.1) is 0 Å². The number of rotatable bonds is 0. The van der Waals surface area contributed by atoms with Crippen molar-refractivity contribution in [1.29, 1.82) is 0 Å². The fraction of sp³-hybridized carbons (Fsp3) is 1.00. The third-order valence-corrected chi connectivity index (χ3v) is 0.